The number of hydrogen-bond donors (Lipinski definition) is 5. The quantitative estimate of drug-likeness (QED) is 0.0687. The van der Waals surface area contributed by atoms with Crippen LogP contribution in [0.15, 0.2) is 132 Å². The third-order valence-electron chi connectivity index (χ3n) is 9.91. The molecule has 0 bridgehead atoms. The normalized spacial score (nSPS) is 11.3. The molecule has 344 valence electrons. The highest BCUT2D eigenvalue weighted by atomic mass is 35.5. The highest BCUT2D eigenvalue weighted by Gasteiger charge is 2.18. The summed E-state index contributed by atoms with van der Waals surface area (Å²) in [4.78, 5) is 55.4. The summed E-state index contributed by atoms with van der Waals surface area (Å²) >= 11 is 25.2. The number of aryl methyl sites for hydroxylation is 2. The van der Waals surface area contributed by atoms with Crippen LogP contribution in [0, 0.1) is 0 Å². The number of aromatic nitrogens is 6. The molecule has 0 aliphatic rings. The van der Waals surface area contributed by atoms with Gasteiger partial charge in [-0.05, 0) is 78.4 Å². The maximum atomic E-state index is 13.1. The number of ether oxygens (including phenoxy) is 1. The van der Waals surface area contributed by atoms with Crippen molar-refractivity contribution in [2.45, 2.75) is 20.1 Å². The molecule has 4 heterocycles. The number of rotatable bonds is 13. The molecule has 0 saturated heterocycles. The maximum absolute atomic E-state index is 13.1. The van der Waals surface area contributed by atoms with Gasteiger partial charge in [0.05, 0.1) is 51.0 Å². The lowest BCUT2D eigenvalue weighted by atomic mass is 10.1. The molecule has 4 aromatic carbocycles. The Morgan fingerprint density at radius 3 is 1.64 bits per heavy atom. The molecule has 1 amide bonds. The number of anilines is 5. The molecule has 4 aromatic heterocycles. The van der Waals surface area contributed by atoms with E-state index >= 15 is 0 Å². The number of aliphatic hydroxyl groups is 2. The second-order valence-electron chi connectivity index (χ2n) is 14.6. The van der Waals surface area contributed by atoms with E-state index in [4.69, 9.17) is 56.2 Å². The predicted molar refractivity (Wildman–Crippen MR) is 268 cm³/mol. The number of nitrogens with one attached hydrogen (secondary N) is 3. The van der Waals surface area contributed by atoms with Crippen LogP contribution in [0.2, 0.25) is 20.1 Å². The van der Waals surface area contributed by atoms with Crippen LogP contribution in [0.25, 0.3) is 44.3 Å². The van der Waals surface area contributed by atoms with Crippen LogP contribution < -0.4 is 27.1 Å². The van der Waals surface area contributed by atoms with Crippen molar-refractivity contribution in [3.63, 3.8) is 0 Å². The SMILES string of the molecule is C.C=CC(=O)Nc1cccc(Nc2ncc3cc(-c4c(Cl)cccc4Cl)c(=O)n(C)c3n2)c1.Cn1c(=O)c(-c2c(Cl)cccc2Cl)cc2cnc(Nc3cccc(COCC(O)CO)c3)nc21. The summed E-state index contributed by atoms with van der Waals surface area (Å²) in [6.45, 7) is 3.40. The number of fused-ring (bicyclic) bond motifs is 2. The molecule has 0 aliphatic heterocycles. The Balaban J connectivity index is 0.000000218. The van der Waals surface area contributed by atoms with Crippen LogP contribution in [0.3, 0.4) is 0 Å². The Kier molecular flexibility index (Phi) is 16.5. The smallest absolute Gasteiger partial charge is 0.259 e. The summed E-state index contributed by atoms with van der Waals surface area (Å²) in [7, 11) is 3.26. The van der Waals surface area contributed by atoms with Gasteiger partial charge in [0, 0.05) is 65.5 Å². The number of aliphatic hydroxyl groups excluding tert-OH is 2. The van der Waals surface area contributed by atoms with E-state index in [0.717, 1.165) is 11.3 Å². The molecule has 0 aliphatic carbocycles. The summed E-state index contributed by atoms with van der Waals surface area (Å²) < 4.78 is 8.27. The third kappa shape index (κ3) is 11.6. The van der Waals surface area contributed by atoms with Crippen LogP contribution in [-0.2, 0) is 30.2 Å². The number of hydrogen-bond acceptors (Lipinski definition) is 12. The van der Waals surface area contributed by atoms with E-state index in [1.807, 2.05) is 24.3 Å². The van der Waals surface area contributed by atoms with Gasteiger partial charge in [-0.2, -0.15) is 9.97 Å². The highest BCUT2D eigenvalue weighted by Crippen LogP contribution is 2.35. The van der Waals surface area contributed by atoms with Gasteiger partial charge in [0.15, 0.2) is 0 Å². The van der Waals surface area contributed by atoms with Crippen LogP contribution in [-0.4, -0.2) is 64.5 Å². The summed E-state index contributed by atoms with van der Waals surface area (Å²) in [6, 6.07) is 28.0. The zero-order valence-corrected chi connectivity index (χ0v) is 38.1. The number of carbonyl (C=O) groups excluding carboxylic acids is 1. The average molecular weight is 984 g/mol. The zero-order chi connectivity index (χ0) is 47.1. The van der Waals surface area contributed by atoms with Crippen molar-refractivity contribution < 1.29 is 19.7 Å². The number of pyridine rings is 2. The first-order valence-corrected chi connectivity index (χ1v) is 21.4. The van der Waals surface area contributed by atoms with E-state index in [1.54, 1.807) is 99.3 Å². The third-order valence-corrected chi connectivity index (χ3v) is 11.2. The molecule has 1 unspecified atom stereocenters. The maximum Gasteiger partial charge on any atom is 0.259 e. The lowest BCUT2D eigenvalue weighted by Crippen LogP contribution is -2.20. The van der Waals surface area contributed by atoms with E-state index in [0.29, 0.717) is 87.7 Å². The summed E-state index contributed by atoms with van der Waals surface area (Å²) in [5.74, 6) is 0.302. The van der Waals surface area contributed by atoms with Crippen LogP contribution in [0.1, 0.15) is 13.0 Å². The van der Waals surface area contributed by atoms with Crippen LogP contribution in [0.4, 0.5) is 29.0 Å². The van der Waals surface area contributed by atoms with Gasteiger partial charge in [0.2, 0.25) is 17.8 Å². The van der Waals surface area contributed by atoms with E-state index in [1.165, 1.54) is 15.2 Å². The molecule has 0 fully saturated rings. The highest BCUT2D eigenvalue weighted by molar-refractivity contribution is 6.40. The number of carbonyl (C=O) groups is 1. The van der Waals surface area contributed by atoms with Gasteiger partial charge < -0.3 is 30.9 Å². The molecule has 1 atom stereocenters. The van der Waals surface area contributed by atoms with E-state index in [-0.39, 0.29) is 44.3 Å². The fraction of sp³-hybridized carbons (Fsp3) is 0.146. The fourth-order valence-corrected chi connectivity index (χ4v) is 7.92. The summed E-state index contributed by atoms with van der Waals surface area (Å²) in [5.41, 5.74) is 4.85. The minimum Gasteiger partial charge on any atom is -0.394 e. The summed E-state index contributed by atoms with van der Waals surface area (Å²) in [5, 5.41) is 30.0. The van der Waals surface area contributed by atoms with Crippen molar-refractivity contribution in [1.29, 1.82) is 0 Å². The largest absolute Gasteiger partial charge is 0.394 e. The lowest BCUT2D eigenvalue weighted by Gasteiger charge is -2.12. The molecule has 0 spiro atoms. The molecule has 0 radical (unpaired) electrons. The standard InChI is InChI=1S/C24H22Cl2N4O4.C23H17Cl2N5O2.CH4/c1-30-22-15(9-18(23(30)33)21-19(25)6-3-7-20(21)26)10-27-24(29-22)28-16-5-2-4-14(8-16)12-34-13-17(32)11-31;1-3-19(31)27-14-6-4-7-15(11-14)28-23-26-12-13-10-16(22(32)30(2)21(13)29-23)20-17(24)8-5-9-18(20)25;/h2-10,17,31-32H,11-13H2,1H3,(H,27,28,29);3-12H,1H2,2H3,(H,27,31)(H,26,28,29);1H4. The Bertz CT molecular complexity index is 3220. The number of amides is 1. The first-order valence-electron chi connectivity index (χ1n) is 19.9. The predicted octanol–water partition coefficient (Wildman–Crippen LogP) is 9.72. The van der Waals surface area contributed by atoms with E-state index in [9.17, 15) is 19.5 Å². The number of nitrogens with zero attached hydrogens (tertiary/aromatic N) is 6. The summed E-state index contributed by atoms with van der Waals surface area (Å²) in [6.07, 6.45) is 3.52. The Hall–Kier alpha value is -6.69. The zero-order valence-electron chi connectivity index (χ0n) is 35.1. The van der Waals surface area contributed by atoms with Crippen LogP contribution in [0.5, 0.6) is 0 Å². The molecular weight excluding hydrogens is 940 g/mol. The van der Waals surface area contributed by atoms with Gasteiger partial charge in [-0.3, -0.25) is 23.5 Å². The first-order chi connectivity index (χ1) is 31.7. The van der Waals surface area contributed by atoms with Gasteiger partial charge in [-0.1, -0.05) is 90.7 Å². The first kappa shape index (κ1) is 49.7. The fourth-order valence-electron chi connectivity index (χ4n) is 6.71. The second kappa shape index (κ2) is 22.2. The molecule has 8 aromatic rings. The van der Waals surface area contributed by atoms with Gasteiger partial charge in [0.1, 0.15) is 17.4 Å². The van der Waals surface area contributed by atoms with Gasteiger partial charge in [-0.25, -0.2) is 9.97 Å². The molecule has 0 saturated carbocycles. The van der Waals surface area contributed by atoms with Crippen LogP contribution >= 0.6 is 46.4 Å². The van der Waals surface area contributed by atoms with Crippen molar-refractivity contribution in [1.82, 2.24) is 29.1 Å². The van der Waals surface area contributed by atoms with Crippen molar-refractivity contribution in [2.24, 2.45) is 14.1 Å². The van der Waals surface area contributed by atoms with Gasteiger partial charge >= 0.3 is 0 Å². The minimum atomic E-state index is -0.909. The number of halogens is 4. The Morgan fingerprint density at radius 2 is 1.16 bits per heavy atom. The average Bonchev–Trinajstić information content (AvgIpc) is 3.30. The topological polar surface area (TPSA) is 198 Å². The van der Waals surface area contributed by atoms with Crippen molar-refractivity contribution in [3.05, 3.63) is 168 Å². The monoisotopic (exact) mass is 981 g/mol. The Labute approximate surface area is 404 Å². The Morgan fingerprint density at radius 1 is 0.716 bits per heavy atom. The van der Waals surface area contributed by atoms with E-state index in [2.05, 4.69) is 42.5 Å². The molecular formula is C48H43Cl4N9O6. The van der Waals surface area contributed by atoms with Gasteiger partial charge in [0.25, 0.3) is 11.1 Å². The number of benzene rings is 4. The molecule has 67 heavy (non-hydrogen) atoms. The van der Waals surface area contributed by atoms with Gasteiger partial charge in [-0.15, -0.1) is 0 Å². The second-order valence-corrected chi connectivity index (χ2v) is 16.2. The van der Waals surface area contributed by atoms with E-state index < -0.39 is 6.10 Å². The molecule has 19 heteroatoms. The molecule has 5 N–H and O–H groups in total. The van der Waals surface area contributed by atoms with Crippen molar-refractivity contribution in [3.8, 4) is 22.3 Å². The molecule has 15 nitrogen and oxygen atoms in total. The minimum absolute atomic E-state index is 0. The molecule has 8 rings (SSSR count). The van der Waals surface area contributed by atoms with Crippen molar-refractivity contribution in [2.75, 3.05) is 29.2 Å². The van der Waals surface area contributed by atoms with Crippen molar-refractivity contribution >= 4 is 103 Å². The lowest BCUT2D eigenvalue weighted by molar-refractivity contribution is -0.111.